The topological polar surface area (TPSA) is 21.7 Å². The maximum atomic E-state index is 5.50. The van der Waals surface area contributed by atoms with E-state index in [1.54, 1.807) is 0 Å². The van der Waals surface area contributed by atoms with Crippen molar-refractivity contribution in [1.29, 1.82) is 0 Å². The first-order chi connectivity index (χ1) is 6.42. The predicted octanol–water partition coefficient (Wildman–Crippen LogP) is 0.886. The quantitative estimate of drug-likeness (QED) is 0.651. The van der Waals surface area contributed by atoms with Crippen LogP contribution < -0.4 is 0 Å². The van der Waals surface area contributed by atoms with Gasteiger partial charge in [-0.3, -0.25) is 4.90 Å². The molecule has 0 aromatic heterocycles. The molecule has 0 amide bonds. The van der Waals surface area contributed by atoms with Gasteiger partial charge < -0.3 is 9.47 Å². The van der Waals surface area contributed by atoms with E-state index in [0.29, 0.717) is 12.1 Å². The largest absolute Gasteiger partial charge is 0.378 e. The molecular weight excluding hydrogens is 166 g/mol. The summed E-state index contributed by atoms with van der Waals surface area (Å²) in [7, 11) is 0. The number of rotatable bonds is 3. The van der Waals surface area contributed by atoms with Crippen LogP contribution in [0.15, 0.2) is 0 Å². The average molecular weight is 185 g/mol. The number of morpholine rings is 1. The number of ether oxygens (including phenoxy) is 2. The van der Waals surface area contributed by atoms with Gasteiger partial charge in [-0.25, -0.2) is 0 Å². The molecule has 2 rings (SSSR count). The van der Waals surface area contributed by atoms with E-state index < -0.39 is 0 Å². The van der Waals surface area contributed by atoms with Gasteiger partial charge in [-0.2, -0.15) is 0 Å². The summed E-state index contributed by atoms with van der Waals surface area (Å²) in [6.07, 6.45) is 2.51. The summed E-state index contributed by atoms with van der Waals surface area (Å²) in [6.45, 7) is 7.02. The van der Waals surface area contributed by atoms with E-state index in [0.717, 1.165) is 33.0 Å². The molecule has 2 aliphatic heterocycles. The third-order valence-corrected chi connectivity index (χ3v) is 2.98. The van der Waals surface area contributed by atoms with Gasteiger partial charge in [-0.05, 0) is 6.42 Å². The van der Waals surface area contributed by atoms with E-state index in [2.05, 4.69) is 11.8 Å². The molecule has 1 unspecified atom stereocenters. The Morgan fingerprint density at radius 1 is 1.23 bits per heavy atom. The van der Waals surface area contributed by atoms with E-state index in [9.17, 15) is 0 Å². The van der Waals surface area contributed by atoms with E-state index in [-0.39, 0.29) is 0 Å². The van der Waals surface area contributed by atoms with Crippen molar-refractivity contribution >= 4 is 0 Å². The molecule has 0 aliphatic carbocycles. The average Bonchev–Trinajstić information content (AvgIpc) is 2.05. The highest BCUT2D eigenvalue weighted by Gasteiger charge is 2.32. The van der Waals surface area contributed by atoms with Gasteiger partial charge in [0.15, 0.2) is 0 Å². The maximum absolute atomic E-state index is 5.50. The van der Waals surface area contributed by atoms with Crippen molar-refractivity contribution in [2.24, 2.45) is 0 Å². The minimum atomic E-state index is 0.646. The van der Waals surface area contributed by atoms with Crippen molar-refractivity contribution < 1.29 is 9.47 Å². The predicted molar refractivity (Wildman–Crippen MR) is 50.8 cm³/mol. The van der Waals surface area contributed by atoms with Crippen LogP contribution in [-0.4, -0.2) is 50.0 Å². The first-order valence-corrected chi connectivity index (χ1v) is 5.33. The fourth-order valence-corrected chi connectivity index (χ4v) is 2.15. The van der Waals surface area contributed by atoms with Crippen LogP contribution in [0.1, 0.15) is 19.8 Å². The summed E-state index contributed by atoms with van der Waals surface area (Å²) in [5, 5.41) is 0. The van der Waals surface area contributed by atoms with Crippen molar-refractivity contribution in [3.8, 4) is 0 Å². The Hall–Kier alpha value is -0.120. The second-order valence-corrected chi connectivity index (χ2v) is 3.95. The van der Waals surface area contributed by atoms with E-state index in [1.165, 1.54) is 12.8 Å². The Balaban J connectivity index is 1.87. The molecule has 0 bridgehead atoms. The summed E-state index contributed by atoms with van der Waals surface area (Å²) < 4.78 is 10.7. The Bertz CT molecular complexity index is 157. The zero-order valence-electron chi connectivity index (χ0n) is 8.37. The lowest BCUT2D eigenvalue weighted by Crippen LogP contribution is -2.57. The first-order valence-electron chi connectivity index (χ1n) is 5.33. The van der Waals surface area contributed by atoms with Crippen molar-refractivity contribution in [3.05, 3.63) is 0 Å². The lowest BCUT2D eigenvalue weighted by Gasteiger charge is -2.44. The van der Waals surface area contributed by atoms with Crippen LogP contribution in [0.25, 0.3) is 0 Å². The van der Waals surface area contributed by atoms with E-state index in [1.807, 2.05) is 0 Å². The van der Waals surface area contributed by atoms with Gasteiger partial charge in [-0.15, -0.1) is 0 Å². The normalized spacial score (nSPS) is 31.6. The minimum Gasteiger partial charge on any atom is -0.378 e. The SMILES string of the molecule is CCCC1COCCN1C1COC1. The summed E-state index contributed by atoms with van der Waals surface area (Å²) in [5.74, 6) is 0. The smallest absolute Gasteiger partial charge is 0.0645 e. The highest BCUT2D eigenvalue weighted by atomic mass is 16.5. The van der Waals surface area contributed by atoms with Crippen LogP contribution in [-0.2, 0) is 9.47 Å². The number of hydrogen-bond donors (Lipinski definition) is 0. The van der Waals surface area contributed by atoms with Crippen LogP contribution >= 0.6 is 0 Å². The summed E-state index contributed by atoms with van der Waals surface area (Å²) in [5.41, 5.74) is 0. The fourth-order valence-electron chi connectivity index (χ4n) is 2.15. The fraction of sp³-hybridized carbons (Fsp3) is 1.00. The van der Waals surface area contributed by atoms with Crippen LogP contribution in [0, 0.1) is 0 Å². The molecule has 3 nitrogen and oxygen atoms in total. The van der Waals surface area contributed by atoms with Gasteiger partial charge in [-0.1, -0.05) is 13.3 Å². The molecule has 0 aromatic carbocycles. The van der Waals surface area contributed by atoms with Gasteiger partial charge in [0.25, 0.3) is 0 Å². The zero-order valence-corrected chi connectivity index (χ0v) is 8.37. The molecule has 2 aliphatic rings. The molecular formula is C10H19NO2. The highest BCUT2D eigenvalue weighted by Crippen LogP contribution is 2.19. The lowest BCUT2D eigenvalue weighted by molar-refractivity contribution is -0.118. The monoisotopic (exact) mass is 185 g/mol. The van der Waals surface area contributed by atoms with Gasteiger partial charge in [0.2, 0.25) is 0 Å². The van der Waals surface area contributed by atoms with Crippen LogP contribution in [0.5, 0.6) is 0 Å². The van der Waals surface area contributed by atoms with Crippen molar-refractivity contribution in [2.75, 3.05) is 33.0 Å². The van der Waals surface area contributed by atoms with Gasteiger partial charge in [0.1, 0.15) is 0 Å². The molecule has 0 aromatic rings. The molecule has 0 saturated carbocycles. The first kappa shape index (κ1) is 9.44. The van der Waals surface area contributed by atoms with Crippen LogP contribution in [0.2, 0.25) is 0 Å². The summed E-state index contributed by atoms with van der Waals surface area (Å²) >= 11 is 0. The Morgan fingerprint density at radius 2 is 2.08 bits per heavy atom. The minimum absolute atomic E-state index is 0.646. The van der Waals surface area contributed by atoms with Gasteiger partial charge in [0, 0.05) is 12.6 Å². The second kappa shape index (κ2) is 4.40. The Kier molecular flexibility index (Phi) is 3.19. The van der Waals surface area contributed by atoms with Crippen LogP contribution in [0.4, 0.5) is 0 Å². The molecule has 0 radical (unpaired) electrons. The summed E-state index contributed by atoms with van der Waals surface area (Å²) in [6, 6.07) is 1.33. The third-order valence-electron chi connectivity index (χ3n) is 2.98. The van der Waals surface area contributed by atoms with E-state index >= 15 is 0 Å². The lowest BCUT2D eigenvalue weighted by atomic mass is 10.1. The molecule has 76 valence electrons. The number of hydrogen-bond acceptors (Lipinski definition) is 3. The molecule has 2 heterocycles. The number of nitrogens with zero attached hydrogens (tertiary/aromatic N) is 1. The van der Waals surface area contributed by atoms with E-state index in [4.69, 9.17) is 9.47 Å². The van der Waals surface area contributed by atoms with Gasteiger partial charge >= 0.3 is 0 Å². The second-order valence-electron chi connectivity index (χ2n) is 3.95. The van der Waals surface area contributed by atoms with Crippen molar-refractivity contribution in [2.45, 2.75) is 31.8 Å². The third kappa shape index (κ3) is 2.03. The molecule has 0 spiro atoms. The van der Waals surface area contributed by atoms with Gasteiger partial charge in [0.05, 0.1) is 32.5 Å². The van der Waals surface area contributed by atoms with Crippen LogP contribution in [0.3, 0.4) is 0 Å². The Morgan fingerprint density at radius 3 is 2.69 bits per heavy atom. The molecule has 1 atom stereocenters. The molecule has 2 fully saturated rings. The Labute approximate surface area is 80.0 Å². The molecule has 0 N–H and O–H groups in total. The molecule has 13 heavy (non-hydrogen) atoms. The van der Waals surface area contributed by atoms with Crippen molar-refractivity contribution in [1.82, 2.24) is 4.90 Å². The highest BCUT2D eigenvalue weighted by molar-refractivity contribution is 4.85. The standard InChI is InChI=1S/C10H19NO2/c1-2-3-9-6-12-5-4-11(9)10-7-13-8-10/h9-10H,2-8H2,1H3. The maximum Gasteiger partial charge on any atom is 0.0645 e. The summed E-state index contributed by atoms with van der Waals surface area (Å²) in [4.78, 5) is 2.58. The molecule has 2 saturated heterocycles. The zero-order chi connectivity index (χ0) is 9.10. The van der Waals surface area contributed by atoms with Crippen molar-refractivity contribution in [3.63, 3.8) is 0 Å². The molecule has 3 heteroatoms.